The molecule has 0 fully saturated rings. The minimum Gasteiger partial charge on any atom is -0.348 e. The highest BCUT2D eigenvalue weighted by Gasteiger charge is 2.09. The van der Waals surface area contributed by atoms with Gasteiger partial charge in [-0.3, -0.25) is 14.6 Å². The summed E-state index contributed by atoms with van der Waals surface area (Å²) >= 11 is 0. The standard InChI is InChI=1S/C21H18FN3O2/c22-19-9-3-15(4-10-19)13-24-20(26)17-5-7-18(8-6-17)21(27)25-14-16-2-1-11-23-12-16/h1-12H,13-14H2,(H,24,26)(H,25,27). The summed E-state index contributed by atoms with van der Waals surface area (Å²) in [5.41, 5.74) is 2.62. The third kappa shape index (κ3) is 5.22. The van der Waals surface area contributed by atoms with Crippen LogP contribution in [-0.4, -0.2) is 16.8 Å². The molecular weight excluding hydrogens is 345 g/mol. The number of carbonyl (C=O) groups excluding carboxylic acids is 2. The number of hydrogen-bond acceptors (Lipinski definition) is 3. The molecule has 2 aromatic carbocycles. The molecule has 3 aromatic rings. The fraction of sp³-hybridized carbons (Fsp3) is 0.0952. The van der Waals surface area contributed by atoms with Crippen molar-refractivity contribution >= 4 is 11.8 Å². The normalized spacial score (nSPS) is 10.3. The molecular formula is C21H18FN3O2. The molecule has 6 heteroatoms. The second-order valence-corrected chi connectivity index (χ2v) is 5.93. The van der Waals surface area contributed by atoms with Crippen molar-refractivity contribution in [1.82, 2.24) is 15.6 Å². The maximum Gasteiger partial charge on any atom is 0.251 e. The van der Waals surface area contributed by atoms with Gasteiger partial charge in [0.1, 0.15) is 5.82 Å². The van der Waals surface area contributed by atoms with Crippen molar-refractivity contribution in [1.29, 1.82) is 0 Å². The Morgan fingerprint density at radius 1 is 0.778 bits per heavy atom. The van der Waals surface area contributed by atoms with E-state index in [-0.39, 0.29) is 17.6 Å². The minimum absolute atomic E-state index is 0.225. The summed E-state index contributed by atoms with van der Waals surface area (Å²) in [7, 11) is 0. The Morgan fingerprint density at radius 2 is 1.33 bits per heavy atom. The number of amides is 2. The summed E-state index contributed by atoms with van der Waals surface area (Å²) < 4.78 is 12.9. The highest BCUT2D eigenvalue weighted by Crippen LogP contribution is 2.07. The predicted octanol–water partition coefficient (Wildman–Crippen LogP) is 3.08. The van der Waals surface area contributed by atoms with E-state index in [4.69, 9.17) is 0 Å². The number of benzene rings is 2. The molecule has 0 bridgehead atoms. The average Bonchev–Trinajstić information content (AvgIpc) is 2.72. The summed E-state index contributed by atoms with van der Waals surface area (Å²) in [4.78, 5) is 28.4. The highest BCUT2D eigenvalue weighted by molar-refractivity contribution is 5.97. The van der Waals surface area contributed by atoms with E-state index < -0.39 is 0 Å². The first kappa shape index (κ1) is 18.3. The number of nitrogens with zero attached hydrogens (tertiary/aromatic N) is 1. The lowest BCUT2D eigenvalue weighted by Gasteiger charge is -2.07. The van der Waals surface area contributed by atoms with Gasteiger partial charge in [0.05, 0.1) is 0 Å². The number of hydrogen-bond donors (Lipinski definition) is 2. The molecule has 0 aliphatic heterocycles. The number of pyridine rings is 1. The second kappa shape index (κ2) is 8.71. The van der Waals surface area contributed by atoms with Crippen LogP contribution in [0.1, 0.15) is 31.8 Å². The number of rotatable bonds is 6. The zero-order chi connectivity index (χ0) is 19.1. The number of halogens is 1. The second-order valence-electron chi connectivity index (χ2n) is 5.93. The van der Waals surface area contributed by atoms with E-state index >= 15 is 0 Å². The molecule has 1 heterocycles. The lowest BCUT2D eigenvalue weighted by molar-refractivity contribution is 0.0939. The first-order chi connectivity index (χ1) is 13.1. The lowest BCUT2D eigenvalue weighted by atomic mass is 10.1. The van der Waals surface area contributed by atoms with E-state index in [9.17, 15) is 14.0 Å². The Labute approximate surface area is 156 Å². The van der Waals surface area contributed by atoms with Gasteiger partial charge in [0.25, 0.3) is 11.8 Å². The molecule has 0 saturated carbocycles. The number of nitrogens with one attached hydrogen (secondary N) is 2. The Hall–Kier alpha value is -3.54. The Bertz CT molecular complexity index is 910. The first-order valence-corrected chi connectivity index (χ1v) is 8.41. The summed E-state index contributed by atoms with van der Waals surface area (Å²) in [6.07, 6.45) is 3.36. The van der Waals surface area contributed by atoms with Gasteiger partial charge in [-0.2, -0.15) is 0 Å². The molecule has 27 heavy (non-hydrogen) atoms. The van der Waals surface area contributed by atoms with Gasteiger partial charge in [0.2, 0.25) is 0 Å². The maximum absolute atomic E-state index is 12.9. The van der Waals surface area contributed by atoms with Gasteiger partial charge in [-0.25, -0.2) is 4.39 Å². The largest absolute Gasteiger partial charge is 0.348 e. The minimum atomic E-state index is -0.317. The van der Waals surface area contributed by atoms with Crippen LogP contribution < -0.4 is 10.6 Å². The molecule has 1 aromatic heterocycles. The van der Waals surface area contributed by atoms with Crippen molar-refractivity contribution in [2.75, 3.05) is 0 Å². The zero-order valence-corrected chi connectivity index (χ0v) is 14.5. The van der Waals surface area contributed by atoms with Gasteiger partial charge in [-0.15, -0.1) is 0 Å². The first-order valence-electron chi connectivity index (χ1n) is 8.41. The van der Waals surface area contributed by atoms with Crippen LogP contribution in [0.15, 0.2) is 73.1 Å². The van der Waals surface area contributed by atoms with Gasteiger partial charge in [-0.05, 0) is 53.6 Å². The van der Waals surface area contributed by atoms with E-state index in [0.29, 0.717) is 24.2 Å². The summed E-state index contributed by atoms with van der Waals surface area (Å²) in [6.45, 7) is 0.680. The van der Waals surface area contributed by atoms with E-state index in [0.717, 1.165) is 11.1 Å². The van der Waals surface area contributed by atoms with E-state index in [1.807, 2.05) is 6.07 Å². The molecule has 2 amide bonds. The van der Waals surface area contributed by atoms with Crippen molar-refractivity contribution in [3.63, 3.8) is 0 Å². The van der Waals surface area contributed by atoms with Crippen LogP contribution in [0, 0.1) is 5.82 Å². The molecule has 136 valence electrons. The fourth-order valence-electron chi connectivity index (χ4n) is 2.45. The molecule has 0 unspecified atom stereocenters. The van der Waals surface area contributed by atoms with Gasteiger partial charge >= 0.3 is 0 Å². The maximum atomic E-state index is 12.9. The van der Waals surface area contributed by atoms with Crippen LogP contribution >= 0.6 is 0 Å². The molecule has 0 radical (unpaired) electrons. The molecule has 0 atom stereocenters. The topological polar surface area (TPSA) is 71.1 Å². The van der Waals surface area contributed by atoms with E-state index in [1.165, 1.54) is 12.1 Å². The van der Waals surface area contributed by atoms with Crippen molar-refractivity contribution in [2.24, 2.45) is 0 Å². The SMILES string of the molecule is O=C(NCc1ccc(F)cc1)c1ccc(C(=O)NCc2cccnc2)cc1. The summed E-state index contributed by atoms with van der Waals surface area (Å²) in [5, 5.41) is 5.57. The predicted molar refractivity (Wildman–Crippen MR) is 99.4 cm³/mol. The third-order valence-electron chi connectivity index (χ3n) is 3.95. The Kier molecular flexibility index (Phi) is 5.89. The van der Waals surface area contributed by atoms with Gasteiger partial charge < -0.3 is 10.6 Å². The number of carbonyl (C=O) groups is 2. The van der Waals surface area contributed by atoms with Crippen molar-refractivity contribution in [3.8, 4) is 0 Å². The molecule has 0 spiro atoms. The van der Waals surface area contributed by atoms with Crippen LogP contribution in [0.4, 0.5) is 4.39 Å². The van der Waals surface area contributed by atoms with Crippen LogP contribution in [0.3, 0.4) is 0 Å². The third-order valence-corrected chi connectivity index (χ3v) is 3.95. The van der Waals surface area contributed by atoms with Crippen LogP contribution in [-0.2, 0) is 13.1 Å². The van der Waals surface area contributed by atoms with Gasteiger partial charge in [0.15, 0.2) is 0 Å². The smallest absolute Gasteiger partial charge is 0.251 e. The van der Waals surface area contributed by atoms with Crippen LogP contribution in [0.2, 0.25) is 0 Å². The zero-order valence-electron chi connectivity index (χ0n) is 14.5. The van der Waals surface area contributed by atoms with E-state index in [2.05, 4.69) is 15.6 Å². The number of aromatic nitrogens is 1. The van der Waals surface area contributed by atoms with Crippen molar-refractivity contribution in [2.45, 2.75) is 13.1 Å². The lowest BCUT2D eigenvalue weighted by Crippen LogP contribution is -2.24. The molecule has 2 N–H and O–H groups in total. The highest BCUT2D eigenvalue weighted by atomic mass is 19.1. The molecule has 5 nitrogen and oxygen atoms in total. The van der Waals surface area contributed by atoms with Crippen LogP contribution in [0.25, 0.3) is 0 Å². The molecule has 0 aliphatic carbocycles. The molecule has 0 saturated heterocycles. The summed E-state index contributed by atoms with van der Waals surface area (Å²) in [6, 6.07) is 16.0. The van der Waals surface area contributed by atoms with E-state index in [1.54, 1.807) is 54.9 Å². The quantitative estimate of drug-likeness (QED) is 0.707. The van der Waals surface area contributed by atoms with Gasteiger partial charge in [-0.1, -0.05) is 18.2 Å². The van der Waals surface area contributed by atoms with Crippen LogP contribution in [0.5, 0.6) is 0 Å². The Morgan fingerprint density at radius 3 is 1.85 bits per heavy atom. The average molecular weight is 363 g/mol. The van der Waals surface area contributed by atoms with Gasteiger partial charge in [0, 0.05) is 36.6 Å². The fourth-order valence-corrected chi connectivity index (χ4v) is 2.45. The molecule has 3 rings (SSSR count). The summed E-state index contributed by atoms with van der Waals surface area (Å²) in [5.74, 6) is -0.804. The molecule has 0 aliphatic rings. The monoisotopic (exact) mass is 363 g/mol. The van der Waals surface area contributed by atoms with Crippen molar-refractivity contribution < 1.29 is 14.0 Å². The van der Waals surface area contributed by atoms with Crippen molar-refractivity contribution in [3.05, 3.63) is 101 Å². The Balaban J connectivity index is 1.53.